The lowest BCUT2D eigenvalue weighted by molar-refractivity contribution is 0.102. The van der Waals surface area contributed by atoms with E-state index in [2.05, 4.69) is 31.1 Å². The third kappa shape index (κ3) is 3.85. The smallest absolute Gasteiger partial charge is 0.255 e. The summed E-state index contributed by atoms with van der Waals surface area (Å²) in [6, 6.07) is 18.6. The van der Waals surface area contributed by atoms with Crippen LogP contribution in [0.2, 0.25) is 0 Å². The number of hydrogen-bond acceptors (Lipinski definition) is 2. The van der Waals surface area contributed by atoms with Crippen LogP contribution >= 0.6 is 0 Å². The van der Waals surface area contributed by atoms with E-state index in [1.807, 2.05) is 53.4 Å². The number of aromatic amines is 1. The summed E-state index contributed by atoms with van der Waals surface area (Å²) in [6.07, 6.45) is 3.91. The normalized spacial score (nSPS) is 11.6. The Bertz CT molecular complexity index is 1230. The van der Waals surface area contributed by atoms with Gasteiger partial charge >= 0.3 is 0 Å². The molecule has 1 amide bonds. The topological polar surface area (TPSA) is 66.9 Å². The molecule has 146 valence electrons. The fourth-order valence-electron chi connectivity index (χ4n) is 3.45. The Hall–Kier alpha value is -3.60. The van der Waals surface area contributed by atoms with Gasteiger partial charge in [-0.3, -0.25) is 9.59 Å². The monoisotopic (exact) mass is 385 g/mol. The molecule has 5 heteroatoms. The van der Waals surface area contributed by atoms with E-state index in [1.165, 1.54) is 0 Å². The second-order valence-corrected chi connectivity index (χ2v) is 8.15. The van der Waals surface area contributed by atoms with Crippen LogP contribution in [0.3, 0.4) is 0 Å². The molecule has 2 N–H and O–H groups in total. The number of anilines is 1. The van der Waals surface area contributed by atoms with Crippen molar-refractivity contribution in [1.29, 1.82) is 0 Å². The van der Waals surface area contributed by atoms with Crippen molar-refractivity contribution in [3.63, 3.8) is 0 Å². The molecular formula is C24H23N3O2. The molecule has 5 nitrogen and oxygen atoms in total. The second-order valence-electron chi connectivity index (χ2n) is 8.15. The van der Waals surface area contributed by atoms with Crippen molar-refractivity contribution in [2.45, 2.75) is 26.2 Å². The summed E-state index contributed by atoms with van der Waals surface area (Å²) in [5, 5.41) is 3.89. The van der Waals surface area contributed by atoms with E-state index in [0.29, 0.717) is 16.8 Å². The van der Waals surface area contributed by atoms with Gasteiger partial charge in [0.15, 0.2) is 0 Å². The highest BCUT2D eigenvalue weighted by Gasteiger charge is 2.18. The summed E-state index contributed by atoms with van der Waals surface area (Å²) in [5.74, 6) is -0.197. The maximum atomic E-state index is 12.7. The van der Waals surface area contributed by atoms with Crippen molar-refractivity contribution in [1.82, 2.24) is 9.55 Å². The van der Waals surface area contributed by atoms with Crippen molar-refractivity contribution in [3.05, 3.63) is 94.5 Å². The van der Waals surface area contributed by atoms with Crippen LogP contribution in [0.15, 0.2) is 77.9 Å². The Balaban J connectivity index is 1.61. The second kappa shape index (κ2) is 7.09. The van der Waals surface area contributed by atoms with Crippen LogP contribution < -0.4 is 10.9 Å². The molecule has 0 saturated carbocycles. The number of nitrogens with one attached hydrogen (secondary N) is 2. The molecule has 0 aliphatic rings. The number of H-pyrrole nitrogens is 1. The lowest BCUT2D eigenvalue weighted by atomic mass is 9.85. The molecule has 0 bridgehead atoms. The van der Waals surface area contributed by atoms with Crippen LogP contribution in [0.1, 0.15) is 36.7 Å². The molecule has 4 aromatic rings. The molecule has 2 heterocycles. The Morgan fingerprint density at radius 3 is 2.31 bits per heavy atom. The average Bonchev–Trinajstić information content (AvgIpc) is 3.21. The molecule has 0 radical (unpaired) electrons. The van der Waals surface area contributed by atoms with Crippen molar-refractivity contribution in [3.8, 4) is 5.69 Å². The summed E-state index contributed by atoms with van der Waals surface area (Å²) < 4.78 is 1.98. The van der Waals surface area contributed by atoms with Gasteiger partial charge in [-0.1, -0.05) is 26.8 Å². The number of hydrogen-bond donors (Lipinski definition) is 2. The predicted molar refractivity (Wildman–Crippen MR) is 117 cm³/mol. The SMILES string of the molecule is CC(C)(C)c1cc(=O)[nH]c2cc(NC(=O)c3ccc(-n4cccc4)cc3)ccc12. The lowest BCUT2D eigenvalue weighted by Gasteiger charge is -2.21. The molecule has 0 fully saturated rings. The fraction of sp³-hybridized carbons (Fsp3) is 0.167. The maximum absolute atomic E-state index is 12.7. The first-order chi connectivity index (χ1) is 13.8. The quantitative estimate of drug-likeness (QED) is 0.528. The van der Waals surface area contributed by atoms with Crippen molar-refractivity contribution in [2.24, 2.45) is 0 Å². The van der Waals surface area contributed by atoms with Crippen LogP contribution in [0.5, 0.6) is 0 Å². The number of aromatic nitrogens is 2. The minimum Gasteiger partial charge on any atom is -0.324 e. The molecule has 2 aromatic carbocycles. The standard InChI is InChI=1S/C24H23N3O2/c1-24(2,3)20-15-22(28)26-21-14-17(8-11-19(20)21)25-23(29)16-6-9-18(10-7-16)27-12-4-5-13-27/h4-15H,1-3H3,(H,25,29)(H,26,28). The first kappa shape index (κ1) is 18.7. The van der Waals surface area contributed by atoms with Crippen molar-refractivity contribution >= 4 is 22.5 Å². The summed E-state index contributed by atoms with van der Waals surface area (Å²) >= 11 is 0. The summed E-state index contributed by atoms with van der Waals surface area (Å²) in [5.41, 5.74) is 3.59. The Morgan fingerprint density at radius 1 is 0.966 bits per heavy atom. The number of rotatable bonds is 3. The van der Waals surface area contributed by atoms with Gasteiger partial charge in [0.1, 0.15) is 0 Å². The number of carbonyl (C=O) groups excluding carboxylic acids is 1. The molecule has 0 unspecified atom stereocenters. The summed E-state index contributed by atoms with van der Waals surface area (Å²) in [6.45, 7) is 6.23. The van der Waals surface area contributed by atoms with E-state index in [-0.39, 0.29) is 16.9 Å². The Morgan fingerprint density at radius 2 is 1.66 bits per heavy atom. The summed E-state index contributed by atoms with van der Waals surface area (Å²) in [4.78, 5) is 27.6. The van der Waals surface area contributed by atoms with Crippen LogP contribution in [0, 0.1) is 0 Å². The Kier molecular flexibility index (Phi) is 4.59. The van der Waals surface area contributed by atoms with Gasteiger partial charge in [-0.05, 0) is 59.5 Å². The Labute approximate surface area is 169 Å². The molecule has 0 aliphatic carbocycles. The predicted octanol–water partition coefficient (Wildman–Crippen LogP) is 4.87. The first-order valence-corrected chi connectivity index (χ1v) is 9.54. The van der Waals surface area contributed by atoms with Crippen LogP contribution in [0.4, 0.5) is 5.69 Å². The minimum atomic E-state index is -0.197. The number of nitrogens with zero attached hydrogens (tertiary/aromatic N) is 1. The largest absolute Gasteiger partial charge is 0.324 e. The number of pyridine rings is 1. The fourth-order valence-corrected chi connectivity index (χ4v) is 3.45. The van der Waals surface area contributed by atoms with Gasteiger partial charge in [0.25, 0.3) is 5.91 Å². The average molecular weight is 385 g/mol. The van der Waals surface area contributed by atoms with E-state index in [1.54, 1.807) is 24.3 Å². The van der Waals surface area contributed by atoms with Gasteiger partial charge in [-0.15, -0.1) is 0 Å². The highest BCUT2D eigenvalue weighted by atomic mass is 16.1. The highest BCUT2D eigenvalue weighted by Crippen LogP contribution is 2.29. The maximum Gasteiger partial charge on any atom is 0.255 e. The third-order valence-electron chi connectivity index (χ3n) is 4.94. The molecule has 4 rings (SSSR count). The van der Waals surface area contributed by atoms with Crippen molar-refractivity contribution < 1.29 is 4.79 Å². The van der Waals surface area contributed by atoms with E-state index in [9.17, 15) is 9.59 Å². The molecule has 0 aliphatic heterocycles. The molecule has 2 aromatic heterocycles. The molecular weight excluding hydrogens is 362 g/mol. The zero-order valence-corrected chi connectivity index (χ0v) is 16.7. The number of fused-ring (bicyclic) bond motifs is 1. The van der Waals surface area contributed by atoms with Crippen LogP contribution in [-0.4, -0.2) is 15.5 Å². The van der Waals surface area contributed by atoms with Gasteiger partial charge in [0, 0.05) is 40.8 Å². The van der Waals surface area contributed by atoms with E-state index >= 15 is 0 Å². The number of benzene rings is 2. The molecule has 0 atom stereocenters. The zero-order chi connectivity index (χ0) is 20.6. The van der Waals surface area contributed by atoms with Gasteiger partial charge in [0.05, 0.1) is 5.52 Å². The number of amides is 1. The minimum absolute atomic E-state index is 0.147. The lowest BCUT2D eigenvalue weighted by Crippen LogP contribution is -2.17. The van der Waals surface area contributed by atoms with E-state index < -0.39 is 0 Å². The van der Waals surface area contributed by atoms with Gasteiger partial charge in [-0.25, -0.2) is 0 Å². The van der Waals surface area contributed by atoms with E-state index in [4.69, 9.17) is 0 Å². The zero-order valence-electron chi connectivity index (χ0n) is 16.7. The van der Waals surface area contributed by atoms with Crippen molar-refractivity contribution in [2.75, 3.05) is 5.32 Å². The summed E-state index contributed by atoms with van der Waals surface area (Å²) in [7, 11) is 0. The molecule has 0 spiro atoms. The van der Waals surface area contributed by atoms with Gasteiger partial charge < -0.3 is 14.9 Å². The first-order valence-electron chi connectivity index (χ1n) is 9.54. The van der Waals surface area contributed by atoms with Crippen LogP contribution in [-0.2, 0) is 5.41 Å². The number of carbonyl (C=O) groups is 1. The van der Waals surface area contributed by atoms with Crippen LogP contribution in [0.25, 0.3) is 16.6 Å². The van der Waals surface area contributed by atoms with Gasteiger partial charge in [0.2, 0.25) is 5.56 Å². The van der Waals surface area contributed by atoms with Gasteiger partial charge in [-0.2, -0.15) is 0 Å². The third-order valence-corrected chi connectivity index (χ3v) is 4.94. The molecule has 0 saturated heterocycles. The van der Waals surface area contributed by atoms with E-state index in [0.717, 1.165) is 16.6 Å². The molecule has 29 heavy (non-hydrogen) atoms. The highest BCUT2D eigenvalue weighted by molar-refractivity contribution is 6.05.